The Morgan fingerprint density at radius 3 is 2.06 bits per heavy atom. The van der Waals surface area contributed by atoms with Crippen LogP contribution < -0.4 is 4.74 Å². The lowest BCUT2D eigenvalue weighted by Crippen LogP contribution is -2.16. The van der Waals surface area contributed by atoms with Gasteiger partial charge in [-0.2, -0.15) is 0 Å². The molecule has 0 saturated carbocycles. The predicted octanol–water partition coefficient (Wildman–Crippen LogP) is 3.91. The molecule has 0 aromatic heterocycles. The molecule has 0 aliphatic rings. The van der Waals surface area contributed by atoms with Crippen molar-refractivity contribution >= 4 is 6.16 Å². The zero-order valence-electron chi connectivity index (χ0n) is 11.1. The Morgan fingerprint density at radius 2 is 1.65 bits per heavy atom. The van der Waals surface area contributed by atoms with Crippen LogP contribution in [-0.2, 0) is 10.2 Å². The summed E-state index contributed by atoms with van der Waals surface area (Å²) in [7, 11) is 0. The van der Waals surface area contributed by atoms with Crippen molar-refractivity contribution in [2.75, 3.05) is 0 Å². The summed E-state index contributed by atoms with van der Waals surface area (Å²) in [4.78, 5) is 11.3. The highest BCUT2D eigenvalue weighted by atomic mass is 16.7. The highest BCUT2D eigenvalue weighted by molar-refractivity contribution is 5.63. The van der Waals surface area contributed by atoms with E-state index in [-0.39, 0.29) is 11.5 Å². The Morgan fingerprint density at radius 1 is 1.12 bits per heavy atom. The van der Waals surface area contributed by atoms with Gasteiger partial charge in [0.25, 0.3) is 0 Å². The third-order valence-electron chi connectivity index (χ3n) is 2.25. The van der Waals surface area contributed by atoms with Gasteiger partial charge < -0.3 is 9.47 Å². The molecule has 0 unspecified atom stereocenters. The molecule has 3 nitrogen and oxygen atoms in total. The number of hydrogen-bond acceptors (Lipinski definition) is 3. The van der Waals surface area contributed by atoms with Gasteiger partial charge in [-0.25, -0.2) is 4.79 Å². The van der Waals surface area contributed by atoms with Gasteiger partial charge in [-0.05, 0) is 37.0 Å². The zero-order chi connectivity index (χ0) is 13.1. The normalized spacial score (nSPS) is 11.4. The van der Waals surface area contributed by atoms with Gasteiger partial charge >= 0.3 is 6.16 Å². The molecule has 1 rings (SSSR count). The minimum absolute atomic E-state index is 0.0942. The van der Waals surface area contributed by atoms with Crippen LogP contribution in [0.3, 0.4) is 0 Å². The minimum Gasteiger partial charge on any atom is -0.431 e. The van der Waals surface area contributed by atoms with E-state index in [4.69, 9.17) is 9.47 Å². The summed E-state index contributed by atoms with van der Waals surface area (Å²) in [5.41, 5.74) is 1.29. The van der Waals surface area contributed by atoms with Crippen molar-refractivity contribution in [3.05, 3.63) is 29.8 Å². The van der Waals surface area contributed by atoms with Crippen LogP contribution in [-0.4, -0.2) is 12.3 Å². The molecule has 0 atom stereocenters. The lowest BCUT2D eigenvalue weighted by molar-refractivity contribution is 0.0729. The molecule has 0 saturated heterocycles. The smallest absolute Gasteiger partial charge is 0.431 e. The van der Waals surface area contributed by atoms with Crippen LogP contribution in [0.4, 0.5) is 4.79 Å². The molecule has 0 heterocycles. The van der Waals surface area contributed by atoms with E-state index in [0.29, 0.717) is 5.75 Å². The van der Waals surface area contributed by atoms with Crippen molar-refractivity contribution in [1.29, 1.82) is 0 Å². The van der Waals surface area contributed by atoms with Gasteiger partial charge in [-0.1, -0.05) is 32.9 Å². The van der Waals surface area contributed by atoms with E-state index in [0.717, 1.165) is 0 Å². The van der Waals surface area contributed by atoms with Gasteiger partial charge in [-0.15, -0.1) is 0 Å². The SMILES string of the molecule is CC(C)OC(=O)Oc1ccc(C(C)(C)C)cc1. The molecule has 0 amide bonds. The molecule has 0 aliphatic carbocycles. The van der Waals surface area contributed by atoms with Crippen molar-refractivity contribution in [3.63, 3.8) is 0 Å². The lowest BCUT2D eigenvalue weighted by Gasteiger charge is -2.19. The van der Waals surface area contributed by atoms with E-state index in [9.17, 15) is 4.79 Å². The van der Waals surface area contributed by atoms with Crippen LogP contribution in [0.2, 0.25) is 0 Å². The van der Waals surface area contributed by atoms with Crippen molar-refractivity contribution in [2.45, 2.75) is 46.1 Å². The molecule has 3 heteroatoms. The highest BCUT2D eigenvalue weighted by Gasteiger charge is 2.14. The maximum atomic E-state index is 11.3. The van der Waals surface area contributed by atoms with Crippen LogP contribution in [0.15, 0.2) is 24.3 Å². The van der Waals surface area contributed by atoms with Gasteiger partial charge in [0.2, 0.25) is 0 Å². The van der Waals surface area contributed by atoms with Crippen LogP contribution in [0, 0.1) is 0 Å². The second kappa shape index (κ2) is 5.21. The first-order chi connectivity index (χ1) is 7.79. The maximum Gasteiger partial charge on any atom is 0.514 e. The van der Waals surface area contributed by atoms with Gasteiger partial charge in [0.05, 0.1) is 6.10 Å². The number of rotatable bonds is 2. The summed E-state index contributed by atoms with van der Waals surface area (Å²) in [5.74, 6) is 0.503. The fourth-order valence-electron chi connectivity index (χ4n) is 1.34. The minimum atomic E-state index is -0.663. The first-order valence-electron chi connectivity index (χ1n) is 5.78. The largest absolute Gasteiger partial charge is 0.514 e. The summed E-state index contributed by atoms with van der Waals surface area (Å²) < 4.78 is 9.92. The summed E-state index contributed by atoms with van der Waals surface area (Å²) in [6.45, 7) is 9.97. The van der Waals surface area contributed by atoms with E-state index in [2.05, 4.69) is 20.8 Å². The monoisotopic (exact) mass is 236 g/mol. The molecule has 1 aromatic carbocycles. The number of carbonyl (C=O) groups is 1. The summed E-state index contributed by atoms with van der Waals surface area (Å²) in [5, 5.41) is 0. The van der Waals surface area contributed by atoms with E-state index < -0.39 is 6.16 Å². The average molecular weight is 236 g/mol. The Labute approximate surface area is 103 Å². The van der Waals surface area contributed by atoms with Gasteiger partial charge in [-0.3, -0.25) is 0 Å². The summed E-state index contributed by atoms with van der Waals surface area (Å²) >= 11 is 0. The zero-order valence-corrected chi connectivity index (χ0v) is 11.1. The molecular weight excluding hydrogens is 216 g/mol. The Kier molecular flexibility index (Phi) is 4.16. The van der Waals surface area contributed by atoms with E-state index in [1.165, 1.54) is 5.56 Å². The molecular formula is C14H20O3. The summed E-state index contributed by atoms with van der Waals surface area (Å²) in [6, 6.07) is 7.47. The Hall–Kier alpha value is -1.51. The lowest BCUT2D eigenvalue weighted by atomic mass is 9.87. The number of hydrogen-bond donors (Lipinski definition) is 0. The van der Waals surface area contributed by atoms with E-state index >= 15 is 0 Å². The molecule has 1 aromatic rings. The predicted molar refractivity (Wildman–Crippen MR) is 67.4 cm³/mol. The second-order valence-corrected chi connectivity index (χ2v) is 5.29. The van der Waals surface area contributed by atoms with Crippen molar-refractivity contribution in [1.82, 2.24) is 0 Å². The second-order valence-electron chi connectivity index (χ2n) is 5.29. The van der Waals surface area contributed by atoms with Crippen LogP contribution in [0.1, 0.15) is 40.2 Å². The van der Waals surface area contributed by atoms with Crippen LogP contribution >= 0.6 is 0 Å². The van der Waals surface area contributed by atoms with E-state index in [1.807, 2.05) is 12.1 Å². The maximum absolute atomic E-state index is 11.3. The van der Waals surface area contributed by atoms with Crippen LogP contribution in [0.25, 0.3) is 0 Å². The molecule has 0 spiro atoms. The van der Waals surface area contributed by atoms with Gasteiger partial charge in [0.15, 0.2) is 0 Å². The Bertz CT molecular complexity index is 371. The van der Waals surface area contributed by atoms with Crippen molar-refractivity contribution < 1.29 is 14.3 Å². The van der Waals surface area contributed by atoms with Gasteiger partial charge in [0.1, 0.15) is 5.75 Å². The molecule has 0 aliphatic heterocycles. The molecule has 0 bridgehead atoms. The quantitative estimate of drug-likeness (QED) is 0.577. The van der Waals surface area contributed by atoms with Gasteiger partial charge in [0, 0.05) is 0 Å². The first kappa shape index (κ1) is 13.6. The van der Waals surface area contributed by atoms with Crippen molar-refractivity contribution in [3.8, 4) is 5.75 Å². The van der Waals surface area contributed by atoms with Crippen molar-refractivity contribution in [2.24, 2.45) is 0 Å². The third kappa shape index (κ3) is 4.47. The number of benzene rings is 1. The highest BCUT2D eigenvalue weighted by Crippen LogP contribution is 2.24. The third-order valence-corrected chi connectivity index (χ3v) is 2.25. The average Bonchev–Trinajstić information content (AvgIpc) is 2.15. The molecule has 94 valence electrons. The molecule has 0 radical (unpaired) electrons. The fraction of sp³-hybridized carbons (Fsp3) is 0.500. The number of carbonyl (C=O) groups excluding carboxylic acids is 1. The molecule has 0 fully saturated rings. The summed E-state index contributed by atoms with van der Waals surface area (Å²) in [6.07, 6.45) is -0.833. The fourth-order valence-corrected chi connectivity index (χ4v) is 1.34. The van der Waals surface area contributed by atoms with E-state index in [1.54, 1.807) is 26.0 Å². The first-order valence-corrected chi connectivity index (χ1v) is 5.78. The Balaban J connectivity index is 2.66. The molecule has 17 heavy (non-hydrogen) atoms. The standard InChI is InChI=1S/C14H20O3/c1-10(2)16-13(15)17-12-8-6-11(7-9-12)14(3,4)5/h6-10H,1-5H3. The topological polar surface area (TPSA) is 35.5 Å². The molecule has 0 N–H and O–H groups in total. The number of ether oxygens (including phenoxy) is 2. The van der Waals surface area contributed by atoms with Crippen LogP contribution in [0.5, 0.6) is 5.75 Å².